The van der Waals surface area contributed by atoms with Gasteiger partial charge in [-0.05, 0) is 5.41 Å². The van der Waals surface area contributed by atoms with Crippen LogP contribution in [0.15, 0.2) is 0 Å². The molecule has 5 heteroatoms. The topological polar surface area (TPSA) is 80.7 Å². The Morgan fingerprint density at radius 2 is 1.73 bits per heavy atom. The number of carboxylic acids is 1. The molecule has 0 aliphatic rings. The number of carbonyl (C=O) groups excluding carboxylic acids is 2. The zero-order valence-electron chi connectivity index (χ0n) is 9.36. The minimum atomic E-state index is -1.09. The van der Waals surface area contributed by atoms with Crippen molar-refractivity contribution in [3.8, 4) is 0 Å². The van der Waals surface area contributed by atoms with Gasteiger partial charge in [0.2, 0.25) is 0 Å². The highest BCUT2D eigenvalue weighted by Gasteiger charge is 2.35. The van der Waals surface area contributed by atoms with E-state index in [0.29, 0.717) is 0 Å². The zero-order chi connectivity index (χ0) is 12.2. The molecule has 0 fully saturated rings. The first-order chi connectivity index (χ1) is 6.64. The molecule has 0 amide bonds. The van der Waals surface area contributed by atoms with E-state index in [4.69, 9.17) is 5.11 Å². The standard InChI is InChI=1S/C10H16O5/c1-6(11)15-9(14)7(5-8(12)13)10(2,3)4/h7H,5H2,1-4H3,(H,12,13). The molecule has 0 saturated carbocycles. The smallest absolute Gasteiger partial charge is 0.317 e. The largest absolute Gasteiger partial charge is 0.481 e. The number of rotatable bonds is 3. The number of ether oxygens (including phenoxy) is 1. The molecule has 5 nitrogen and oxygen atoms in total. The lowest BCUT2D eigenvalue weighted by Gasteiger charge is -2.26. The van der Waals surface area contributed by atoms with Gasteiger partial charge in [0.1, 0.15) is 0 Å². The fraction of sp³-hybridized carbons (Fsp3) is 0.700. The van der Waals surface area contributed by atoms with Gasteiger partial charge < -0.3 is 9.84 Å². The van der Waals surface area contributed by atoms with Crippen molar-refractivity contribution >= 4 is 17.9 Å². The highest BCUT2D eigenvalue weighted by molar-refractivity contribution is 5.88. The van der Waals surface area contributed by atoms with Crippen molar-refractivity contribution in [1.82, 2.24) is 0 Å². The molecule has 0 aromatic rings. The van der Waals surface area contributed by atoms with Gasteiger partial charge in [0.25, 0.3) is 0 Å². The van der Waals surface area contributed by atoms with Gasteiger partial charge in [-0.15, -0.1) is 0 Å². The average molecular weight is 216 g/mol. The van der Waals surface area contributed by atoms with Gasteiger partial charge in [-0.1, -0.05) is 20.8 Å². The van der Waals surface area contributed by atoms with Crippen LogP contribution in [-0.4, -0.2) is 23.0 Å². The third-order valence-electron chi connectivity index (χ3n) is 1.95. The SMILES string of the molecule is CC(=O)OC(=O)C(CC(=O)O)C(C)(C)C. The van der Waals surface area contributed by atoms with Gasteiger partial charge in [0.05, 0.1) is 12.3 Å². The lowest BCUT2D eigenvalue weighted by atomic mass is 9.79. The number of hydrogen-bond donors (Lipinski definition) is 1. The Labute approximate surface area is 88.4 Å². The Balaban J connectivity index is 4.71. The van der Waals surface area contributed by atoms with Crippen LogP contribution in [0, 0.1) is 11.3 Å². The first-order valence-electron chi connectivity index (χ1n) is 4.58. The normalized spacial score (nSPS) is 13.1. The third-order valence-corrected chi connectivity index (χ3v) is 1.95. The van der Waals surface area contributed by atoms with E-state index in [1.54, 1.807) is 20.8 Å². The summed E-state index contributed by atoms with van der Waals surface area (Å²) >= 11 is 0. The summed E-state index contributed by atoms with van der Waals surface area (Å²) in [5.74, 6) is -3.41. The van der Waals surface area contributed by atoms with Crippen molar-refractivity contribution in [2.75, 3.05) is 0 Å². The summed E-state index contributed by atoms with van der Waals surface area (Å²) in [4.78, 5) is 32.6. The molecule has 1 atom stereocenters. The first-order valence-corrected chi connectivity index (χ1v) is 4.58. The van der Waals surface area contributed by atoms with Gasteiger partial charge in [0, 0.05) is 6.92 Å². The van der Waals surface area contributed by atoms with E-state index in [1.807, 2.05) is 0 Å². The average Bonchev–Trinajstić information content (AvgIpc) is 1.95. The Morgan fingerprint density at radius 3 is 2.00 bits per heavy atom. The number of aliphatic carboxylic acids is 1. The Bertz CT molecular complexity index is 274. The van der Waals surface area contributed by atoms with Crippen LogP contribution in [0.3, 0.4) is 0 Å². The van der Waals surface area contributed by atoms with E-state index >= 15 is 0 Å². The predicted molar refractivity (Wildman–Crippen MR) is 52.0 cm³/mol. The summed E-state index contributed by atoms with van der Waals surface area (Å²) in [6, 6.07) is 0. The maximum Gasteiger partial charge on any atom is 0.317 e. The molecule has 0 saturated heterocycles. The van der Waals surface area contributed by atoms with Crippen LogP contribution < -0.4 is 0 Å². The molecule has 0 bridgehead atoms. The van der Waals surface area contributed by atoms with Crippen LogP contribution in [0.25, 0.3) is 0 Å². The molecular formula is C10H16O5. The highest BCUT2D eigenvalue weighted by Crippen LogP contribution is 2.29. The maximum absolute atomic E-state index is 11.4. The molecule has 0 heterocycles. The number of carbonyl (C=O) groups is 3. The molecule has 15 heavy (non-hydrogen) atoms. The fourth-order valence-corrected chi connectivity index (χ4v) is 1.13. The molecule has 0 aromatic heterocycles. The van der Waals surface area contributed by atoms with Crippen LogP contribution >= 0.6 is 0 Å². The summed E-state index contributed by atoms with van der Waals surface area (Å²) in [5, 5.41) is 8.64. The molecular weight excluding hydrogens is 200 g/mol. The summed E-state index contributed by atoms with van der Waals surface area (Å²) < 4.78 is 4.40. The number of hydrogen-bond acceptors (Lipinski definition) is 4. The van der Waals surface area contributed by atoms with Crippen molar-refractivity contribution in [1.29, 1.82) is 0 Å². The van der Waals surface area contributed by atoms with Gasteiger partial charge in [-0.2, -0.15) is 0 Å². The number of carboxylic acid groups (broad SMARTS) is 1. The van der Waals surface area contributed by atoms with Crippen molar-refractivity contribution in [2.24, 2.45) is 11.3 Å². The Hall–Kier alpha value is -1.39. The van der Waals surface area contributed by atoms with Crippen LogP contribution in [0.2, 0.25) is 0 Å². The van der Waals surface area contributed by atoms with Gasteiger partial charge >= 0.3 is 17.9 Å². The Kier molecular flexibility index (Phi) is 4.45. The minimum Gasteiger partial charge on any atom is -0.481 e. The summed E-state index contributed by atoms with van der Waals surface area (Å²) in [5.41, 5.74) is -0.551. The van der Waals surface area contributed by atoms with Crippen LogP contribution in [0.1, 0.15) is 34.1 Å². The van der Waals surface area contributed by atoms with E-state index in [1.165, 1.54) is 0 Å². The second-order valence-electron chi connectivity index (χ2n) is 4.43. The van der Waals surface area contributed by atoms with Crippen LogP contribution in [0.4, 0.5) is 0 Å². The molecule has 0 spiro atoms. The van der Waals surface area contributed by atoms with E-state index < -0.39 is 29.2 Å². The monoisotopic (exact) mass is 216 g/mol. The zero-order valence-corrected chi connectivity index (χ0v) is 9.36. The Morgan fingerprint density at radius 1 is 1.27 bits per heavy atom. The number of esters is 2. The van der Waals surface area contributed by atoms with Crippen molar-refractivity contribution in [3.05, 3.63) is 0 Å². The van der Waals surface area contributed by atoms with E-state index in [2.05, 4.69) is 4.74 Å². The summed E-state index contributed by atoms with van der Waals surface area (Å²) in [6.45, 7) is 6.28. The molecule has 0 rings (SSSR count). The lowest BCUT2D eigenvalue weighted by Crippen LogP contribution is -2.33. The maximum atomic E-state index is 11.4. The van der Waals surface area contributed by atoms with E-state index in [9.17, 15) is 14.4 Å². The molecule has 0 aliphatic heterocycles. The van der Waals surface area contributed by atoms with Crippen LogP contribution in [0.5, 0.6) is 0 Å². The van der Waals surface area contributed by atoms with Gasteiger partial charge in [-0.3, -0.25) is 14.4 Å². The molecule has 1 unspecified atom stereocenters. The van der Waals surface area contributed by atoms with Crippen molar-refractivity contribution in [3.63, 3.8) is 0 Å². The molecule has 86 valence electrons. The van der Waals surface area contributed by atoms with E-state index in [-0.39, 0.29) is 6.42 Å². The predicted octanol–water partition coefficient (Wildman–Crippen LogP) is 1.21. The summed E-state index contributed by atoms with van der Waals surface area (Å²) in [6.07, 6.45) is -0.338. The highest BCUT2D eigenvalue weighted by atomic mass is 16.6. The van der Waals surface area contributed by atoms with Crippen molar-refractivity contribution in [2.45, 2.75) is 34.1 Å². The lowest BCUT2D eigenvalue weighted by molar-refractivity contribution is -0.166. The first kappa shape index (κ1) is 13.6. The second-order valence-corrected chi connectivity index (χ2v) is 4.43. The second kappa shape index (κ2) is 4.91. The van der Waals surface area contributed by atoms with Gasteiger partial charge in [0.15, 0.2) is 0 Å². The van der Waals surface area contributed by atoms with Gasteiger partial charge in [-0.25, -0.2) is 0 Å². The molecule has 0 aliphatic carbocycles. The van der Waals surface area contributed by atoms with Crippen molar-refractivity contribution < 1.29 is 24.2 Å². The minimum absolute atomic E-state index is 0.338. The molecule has 0 aromatic carbocycles. The molecule has 0 radical (unpaired) electrons. The fourth-order valence-electron chi connectivity index (χ4n) is 1.13. The quantitative estimate of drug-likeness (QED) is 0.566. The third kappa shape index (κ3) is 5.15. The van der Waals surface area contributed by atoms with E-state index in [0.717, 1.165) is 6.92 Å². The summed E-state index contributed by atoms with van der Waals surface area (Å²) in [7, 11) is 0. The van der Waals surface area contributed by atoms with Crippen LogP contribution in [-0.2, 0) is 19.1 Å². The molecule has 1 N–H and O–H groups in total.